The third-order valence-corrected chi connectivity index (χ3v) is 2.50. The van der Waals surface area contributed by atoms with E-state index in [1.54, 1.807) is 24.3 Å². The van der Waals surface area contributed by atoms with E-state index in [4.69, 9.17) is 27.8 Å². The van der Waals surface area contributed by atoms with E-state index in [0.717, 1.165) is 0 Å². The molecule has 18 heavy (non-hydrogen) atoms. The molecule has 0 unspecified atom stereocenters. The monoisotopic (exact) mass is 263 g/mol. The molecular formula is C12H10ClN3O2. The summed E-state index contributed by atoms with van der Waals surface area (Å²) in [4.78, 5) is 14.8. The Hall–Kier alpha value is -2.27. The van der Waals surface area contributed by atoms with E-state index in [0.29, 0.717) is 22.2 Å². The maximum atomic E-state index is 11.0. The van der Waals surface area contributed by atoms with Crippen molar-refractivity contribution in [3.8, 4) is 11.5 Å². The van der Waals surface area contributed by atoms with Crippen LogP contribution < -0.4 is 16.2 Å². The fourth-order valence-electron chi connectivity index (χ4n) is 1.36. The number of para-hydroxylation sites is 1. The van der Waals surface area contributed by atoms with E-state index in [-0.39, 0.29) is 5.69 Å². The molecule has 0 aliphatic heterocycles. The van der Waals surface area contributed by atoms with Gasteiger partial charge in [0.05, 0.1) is 10.7 Å². The Bertz CT molecular complexity index is 581. The first-order chi connectivity index (χ1) is 8.58. The molecule has 1 amide bonds. The number of nitrogen functional groups attached to an aromatic ring is 1. The zero-order valence-corrected chi connectivity index (χ0v) is 10.0. The average Bonchev–Trinajstić information content (AvgIpc) is 2.34. The van der Waals surface area contributed by atoms with Crippen molar-refractivity contribution in [2.75, 3.05) is 5.73 Å². The summed E-state index contributed by atoms with van der Waals surface area (Å²) in [6, 6.07) is 8.03. The van der Waals surface area contributed by atoms with Crippen LogP contribution in [-0.2, 0) is 0 Å². The molecule has 4 N–H and O–H groups in total. The summed E-state index contributed by atoms with van der Waals surface area (Å²) in [5, 5.41) is 0.382. The highest BCUT2D eigenvalue weighted by molar-refractivity contribution is 6.32. The number of carbonyl (C=O) groups excluding carboxylic acids is 1. The Labute approximate surface area is 108 Å². The van der Waals surface area contributed by atoms with E-state index >= 15 is 0 Å². The number of anilines is 1. The first kappa shape index (κ1) is 12.2. The van der Waals surface area contributed by atoms with Crippen molar-refractivity contribution in [2.45, 2.75) is 0 Å². The summed E-state index contributed by atoms with van der Waals surface area (Å²) in [6.45, 7) is 0. The third kappa shape index (κ3) is 2.52. The molecule has 1 heterocycles. The van der Waals surface area contributed by atoms with Gasteiger partial charge >= 0.3 is 0 Å². The second kappa shape index (κ2) is 4.93. The van der Waals surface area contributed by atoms with E-state index < -0.39 is 5.91 Å². The SMILES string of the molecule is NC(=O)c1cc(Oc2c(N)cccc2Cl)ccn1. The van der Waals surface area contributed by atoms with Gasteiger partial charge in [-0.1, -0.05) is 17.7 Å². The molecule has 0 aliphatic rings. The van der Waals surface area contributed by atoms with Crippen molar-refractivity contribution in [2.24, 2.45) is 5.73 Å². The highest BCUT2D eigenvalue weighted by Gasteiger charge is 2.09. The van der Waals surface area contributed by atoms with Crippen molar-refractivity contribution in [3.63, 3.8) is 0 Å². The third-order valence-electron chi connectivity index (χ3n) is 2.20. The van der Waals surface area contributed by atoms with Crippen LogP contribution in [0.4, 0.5) is 5.69 Å². The molecule has 0 saturated heterocycles. The molecule has 0 aliphatic carbocycles. The number of primary amides is 1. The molecule has 1 aromatic heterocycles. The van der Waals surface area contributed by atoms with Crippen LogP contribution in [0.2, 0.25) is 5.02 Å². The van der Waals surface area contributed by atoms with E-state index in [1.165, 1.54) is 12.3 Å². The minimum absolute atomic E-state index is 0.109. The fraction of sp³-hybridized carbons (Fsp3) is 0. The van der Waals surface area contributed by atoms with Gasteiger partial charge in [0.25, 0.3) is 5.91 Å². The largest absolute Gasteiger partial charge is 0.453 e. The van der Waals surface area contributed by atoms with Crippen molar-refractivity contribution >= 4 is 23.2 Å². The fourth-order valence-corrected chi connectivity index (χ4v) is 1.58. The highest BCUT2D eigenvalue weighted by Crippen LogP contribution is 2.34. The highest BCUT2D eigenvalue weighted by atomic mass is 35.5. The number of pyridine rings is 1. The normalized spacial score (nSPS) is 10.1. The Kier molecular flexibility index (Phi) is 3.34. The predicted molar refractivity (Wildman–Crippen MR) is 68.7 cm³/mol. The molecule has 2 aromatic rings. The van der Waals surface area contributed by atoms with Crippen LogP contribution in [0.1, 0.15) is 10.5 Å². The summed E-state index contributed by atoms with van der Waals surface area (Å²) < 4.78 is 5.53. The number of nitrogens with two attached hydrogens (primary N) is 2. The molecule has 92 valence electrons. The number of nitrogens with zero attached hydrogens (tertiary/aromatic N) is 1. The average molecular weight is 264 g/mol. The first-order valence-electron chi connectivity index (χ1n) is 5.05. The number of carbonyl (C=O) groups is 1. The lowest BCUT2D eigenvalue weighted by Gasteiger charge is -2.10. The van der Waals surface area contributed by atoms with Crippen molar-refractivity contribution in [1.82, 2.24) is 4.98 Å². The molecule has 6 heteroatoms. The van der Waals surface area contributed by atoms with Gasteiger partial charge in [-0.15, -0.1) is 0 Å². The predicted octanol–water partition coefficient (Wildman–Crippen LogP) is 2.21. The molecule has 2 rings (SSSR count). The molecule has 0 atom stereocenters. The van der Waals surface area contributed by atoms with Gasteiger partial charge in [-0.3, -0.25) is 9.78 Å². The zero-order valence-electron chi connectivity index (χ0n) is 9.26. The number of hydrogen-bond acceptors (Lipinski definition) is 4. The standard InChI is InChI=1S/C12H10ClN3O2/c13-8-2-1-3-9(14)11(8)18-7-4-5-16-10(6-7)12(15)17/h1-6H,14H2,(H2,15,17). The maximum Gasteiger partial charge on any atom is 0.267 e. The lowest BCUT2D eigenvalue weighted by Crippen LogP contribution is -2.12. The summed E-state index contributed by atoms with van der Waals surface area (Å²) >= 11 is 5.97. The number of aromatic nitrogens is 1. The van der Waals surface area contributed by atoms with E-state index in [1.807, 2.05) is 0 Å². The zero-order chi connectivity index (χ0) is 13.1. The van der Waals surface area contributed by atoms with Gasteiger partial charge in [-0.25, -0.2) is 0 Å². The summed E-state index contributed by atoms with van der Waals surface area (Å²) in [5.74, 6) is 0.0898. The van der Waals surface area contributed by atoms with Crippen molar-refractivity contribution < 1.29 is 9.53 Å². The van der Waals surface area contributed by atoms with Gasteiger partial charge in [0, 0.05) is 12.3 Å². The minimum Gasteiger partial charge on any atom is -0.453 e. The molecule has 0 radical (unpaired) electrons. The second-order valence-electron chi connectivity index (χ2n) is 3.50. The summed E-state index contributed by atoms with van der Waals surface area (Å²) in [7, 11) is 0. The maximum absolute atomic E-state index is 11.0. The van der Waals surface area contributed by atoms with Gasteiger partial charge in [0.2, 0.25) is 0 Å². The Balaban J connectivity index is 2.34. The molecule has 0 bridgehead atoms. The molecule has 0 saturated carbocycles. The molecular weight excluding hydrogens is 254 g/mol. The smallest absolute Gasteiger partial charge is 0.267 e. The number of rotatable bonds is 3. The van der Waals surface area contributed by atoms with Crippen LogP contribution in [-0.4, -0.2) is 10.9 Å². The van der Waals surface area contributed by atoms with Crippen LogP contribution in [0.5, 0.6) is 11.5 Å². The lowest BCUT2D eigenvalue weighted by atomic mass is 10.3. The Morgan fingerprint density at radius 1 is 1.33 bits per heavy atom. The molecule has 0 spiro atoms. The molecule has 1 aromatic carbocycles. The van der Waals surface area contributed by atoms with Crippen LogP contribution in [0.25, 0.3) is 0 Å². The summed E-state index contributed by atoms with van der Waals surface area (Å²) in [6.07, 6.45) is 1.42. The first-order valence-corrected chi connectivity index (χ1v) is 5.43. The van der Waals surface area contributed by atoms with Gasteiger partial charge in [-0.05, 0) is 18.2 Å². The number of amides is 1. The topological polar surface area (TPSA) is 91.2 Å². The number of benzene rings is 1. The quantitative estimate of drug-likeness (QED) is 0.831. The Morgan fingerprint density at radius 3 is 2.78 bits per heavy atom. The van der Waals surface area contributed by atoms with E-state index in [9.17, 15) is 4.79 Å². The summed E-state index contributed by atoms with van der Waals surface area (Å²) in [5.41, 5.74) is 11.4. The lowest BCUT2D eigenvalue weighted by molar-refractivity contribution is 0.0995. The molecule has 0 fully saturated rings. The molecule has 5 nitrogen and oxygen atoms in total. The van der Waals surface area contributed by atoms with E-state index in [2.05, 4.69) is 4.98 Å². The van der Waals surface area contributed by atoms with Gasteiger partial charge in [-0.2, -0.15) is 0 Å². The van der Waals surface area contributed by atoms with Crippen molar-refractivity contribution in [1.29, 1.82) is 0 Å². The minimum atomic E-state index is -0.632. The van der Waals surface area contributed by atoms with Crippen LogP contribution in [0.3, 0.4) is 0 Å². The number of halogens is 1. The van der Waals surface area contributed by atoms with Gasteiger partial charge in [0.1, 0.15) is 11.4 Å². The van der Waals surface area contributed by atoms with Crippen LogP contribution >= 0.6 is 11.6 Å². The van der Waals surface area contributed by atoms with Crippen LogP contribution in [0.15, 0.2) is 36.5 Å². The van der Waals surface area contributed by atoms with Gasteiger partial charge < -0.3 is 16.2 Å². The second-order valence-corrected chi connectivity index (χ2v) is 3.91. The Morgan fingerprint density at radius 2 is 2.11 bits per heavy atom. The van der Waals surface area contributed by atoms with Crippen molar-refractivity contribution in [3.05, 3.63) is 47.2 Å². The number of ether oxygens (including phenoxy) is 1. The number of hydrogen-bond donors (Lipinski definition) is 2. The van der Waals surface area contributed by atoms with Gasteiger partial charge in [0.15, 0.2) is 5.75 Å². The van der Waals surface area contributed by atoms with Crippen LogP contribution in [0, 0.1) is 0 Å².